The van der Waals surface area contributed by atoms with E-state index in [1.165, 1.54) is 0 Å². The van der Waals surface area contributed by atoms with Gasteiger partial charge in [-0.1, -0.05) is 42.5 Å². The van der Waals surface area contributed by atoms with Gasteiger partial charge < -0.3 is 9.94 Å². The number of hydrogen-bond acceptors (Lipinski definition) is 4. The maximum atomic E-state index is 9.99. The lowest BCUT2D eigenvalue weighted by Gasteiger charge is -2.27. The lowest BCUT2D eigenvalue weighted by atomic mass is 9.88. The van der Waals surface area contributed by atoms with Gasteiger partial charge in [0, 0.05) is 7.05 Å². The molecule has 0 radical (unpaired) electrons. The summed E-state index contributed by atoms with van der Waals surface area (Å²) in [6.45, 7) is 0. The van der Waals surface area contributed by atoms with Crippen LogP contribution < -0.4 is 4.74 Å². The fourth-order valence-electron chi connectivity index (χ4n) is 2.41. The SMILES string of the molecule is COc1ccc(C(C#N)C(c2ccccc2)N(C)O)cc1. The zero-order valence-electron chi connectivity index (χ0n) is 12.1. The van der Waals surface area contributed by atoms with Crippen molar-refractivity contribution in [3.63, 3.8) is 0 Å². The van der Waals surface area contributed by atoms with Crippen LogP contribution in [0.15, 0.2) is 54.6 Å². The van der Waals surface area contributed by atoms with E-state index in [0.717, 1.165) is 21.9 Å². The van der Waals surface area contributed by atoms with Crippen molar-refractivity contribution in [2.75, 3.05) is 14.2 Å². The van der Waals surface area contributed by atoms with E-state index in [-0.39, 0.29) is 0 Å². The van der Waals surface area contributed by atoms with Crippen LogP contribution >= 0.6 is 0 Å². The molecule has 21 heavy (non-hydrogen) atoms. The van der Waals surface area contributed by atoms with Gasteiger partial charge >= 0.3 is 0 Å². The Hall–Kier alpha value is -2.35. The van der Waals surface area contributed by atoms with Crippen molar-refractivity contribution in [1.82, 2.24) is 5.06 Å². The topological polar surface area (TPSA) is 56.5 Å². The molecule has 1 N–H and O–H groups in total. The fraction of sp³-hybridized carbons (Fsp3) is 0.235. The van der Waals surface area contributed by atoms with E-state index in [1.807, 2.05) is 54.6 Å². The summed E-state index contributed by atoms with van der Waals surface area (Å²) in [5, 5.41) is 20.6. The summed E-state index contributed by atoms with van der Waals surface area (Å²) in [5.74, 6) is 0.261. The second-order valence-electron chi connectivity index (χ2n) is 4.81. The van der Waals surface area contributed by atoms with Crippen molar-refractivity contribution >= 4 is 0 Å². The van der Waals surface area contributed by atoms with Crippen LogP contribution in [-0.2, 0) is 0 Å². The number of benzene rings is 2. The van der Waals surface area contributed by atoms with Crippen LogP contribution in [0, 0.1) is 11.3 Å². The third-order valence-corrected chi connectivity index (χ3v) is 3.47. The minimum atomic E-state index is -0.478. The molecule has 0 spiro atoms. The van der Waals surface area contributed by atoms with Gasteiger partial charge in [-0.2, -0.15) is 10.3 Å². The summed E-state index contributed by atoms with van der Waals surface area (Å²) in [5.41, 5.74) is 1.73. The number of ether oxygens (including phenoxy) is 1. The van der Waals surface area contributed by atoms with Crippen molar-refractivity contribution in [3.05, 3.63) is 65.7 Å². The van der Waals surface area contributed by atoms with Gasteiger partial charge in [0.25, 0.3) is 0 Å². The van der Waals surface area contributed by atoms with Gasteiger partial charge in [-0.15, -0.1) is 0 Å². The average molecular weight is 282 g/mol. The first-order valence-electron chi connectivity index (χ1n) is 6.67. The molecule has 0 heterocycles. The molecule has 4 heteroatoms. The van der Waals surface area contributed by atoms with Crippen LogP contribution in [0.2, 0.25) is 0 Å². The summed E-state index contributed by atoms with van der Waals surface area (Å²) in [7, 11) is 3.16. The molecular formula is C17H18N2O2. The minimum absolute atomic E-state index is 0.426. The molecular weight excluding hydrogens is 264 g/mol. The first kappa shape index (κ1) is 15.0. The van der Waals surface area contributed by atoms with Crippen molar-refractivity contribution in [1.29, 1.82) is 5.26 Å². The van der Waals surface area contributed by atoms with Crippen molar-refractivity contribution in [3.8, 4) is 11.8 Å². The Morgan fingerprint density at radius 3 is 2.14 bits per heavy atom. The molecule has 0 aliphatic carbocycles. The van der Waals surface area contributed by atoms with Gasteiger partial charge in [0.2, 0.25) is 0 Å². The van der Waals surface area contributed by atoms with E-state index >= 15 is 0 Å². The van der Waals surface area contributed by atoms with Crippen molar-refractivity contribution in [2.24, 2.45) is 0 Å². The van der Waals surface area contributed by atoms with E-state index in [0.29, 0.717) is 0 Å². The second-order valence-corrected chi connectivity index (χ2v) is 4.81. The molecule has 0 aliphatic rings. The Morgan fingerprint density at radius 1 is 1.05 bits per heavy atom. The molecule has 0 fully saturated rings. The maximum Gasteiger partial charge on any atom is 0.118 e. The molecule has 0 amide bonds. The minimum Gasteiger partial charge on any atom is -0.497 e. The summed E-state index contributed by atoms with van der Waals surface area (Å²) < 4.78 is 5.13. The summed E-state index contributed by atoms with van der Waals surface area (Å²) in [4.78, 5) is 0. The molecule has 2 unspecified atom stereocenters. The van der Waals surface area contributed by atoms with Crippen LogP contribution in [0.25, 0.3) is 0 Å². The first-order chi connectivity index (χ1) is 10.2. The van der Waals surface area contributed by atoms with Gasteiger partial charge in [-0.3, -0.25) is 0 Å². The van der Waals surface area contributed by atoms with Gasteiger partial charge in [0.05, 0.1) is 25.1 Å². The Morgan fingerprint density at radius 2 is 1.67 bits per heavy atom. The largest absolute Gasteiger partial charge is 0.497 e. The molecule has 0 bridgehead atoms. The lowest BCUT2D eigenvalue weighted by molar-refractivity contribution is -0.107. The Bertz CT molecular complexity index is 603. The van der Waals surface area contributed by atoms with Crippen LogP contribution in [0.4, 0.5) is 0 Å². The quantitative estimate of drug-likeness (QED) is 0.854. The number of hydroxylamine groups is 2. The molecule has 2 aromatic carbocycles. The highest BCUT2D eigenvalue weighted by Gasteiger charge is 2.27. The molecule has 0 aromatic heterocycles. The molecule has 2 rings (SSSR count). The zero-order chi connectivity index (χ0) is 15.2. The molecule has 2 aromatic rings. The molecule has 108 valence electrons. The summed E-state index contributed by atoms with van der Waals surface area (Å²) in [6.07, 6.45) is 0. The van der Waals surface area contributed by atoms with E-state index in [9.17, 15) is 10.5 Å². The third-order valence-electron chi connectivity index (χ3n) is 3.47. The van der Waals surface area contributed by atoms with Gasteiger partial charge in [-0.25, -0.2) is 0 Å². The Balaban J connectivity index is 2.38. The number of nitrogens with zero attached hydrogens (tertiary/aromatic N) is 2. The summed E-state index contributed by atoms with van der Waals surface area (Å²) in [6, 6.07) is 18.7. The Kier molecular flexibility index (Phi) is 4.94. The van der Waals surface area contributed by atoms with Gasteiger partial charge in [-0.05, 0) is 23.3 Å². The standard InChI is InChI=1S/C17H18N2O2/c1-19(20)17(14-6-4-3-5-7-14)16(12-18)13-8-10-15(21-2)11-9-13/h3-11,16-17,20H,1-2H3. The van der Waals surface area contributed by atoms with E-state index in [2.05, 4.69) is 6.07 Å². The molecule has 4 nitrogen and oxygen atoms in total. The fourth-order valence-corrected chi connectivity index (χ4v) is 2.41. The highest BCUT2D eigenvalue weighted by Crippen LogP contribution is 2.34. The lowest BCUT2D eigenvalue weighted by Crippen LogP contribution is -2.26. The zero-order valence-corrected chi connectivity index (χ0v) is 12.1. The van der Waals surface area contributed by atoms with E-state index in [4.69, 9.17) is 4.74 Å². The highest BCUT2D eigenvalue weighted by atomic mass is 16.5. The van der Waals surface area contributed by atoms with Gasteiger partial charge in [0.15, 0.2) is 0 Å². The first-order valence-corrected chi connectivity index (χ1v) is 6.67. The highest BCUT2D eigenvalue weighted by molar-refractivity contribution is 5.36. The van der Waals surface area contributed by atoms with Crippen LogP contribution in [-0.4, -0.2) is 24.4 Å². The molecule has 2 atom stereocenters. The van der Waals surface area contributed by atoms with E-state index in [1.54, 1.807) is 14.2 Å². The van der Waals surface area contributed by atoms with Crippen LogP contribution in [0.1, 0.15) is 23.1 Å². The van der Waals surface area contributed by atoms with Gasteiger partial charge in [0.1, 0.15) is 5.75 Å². The maximum absolute atomic E-state index is 9.99. The van der Waals surface area contributed by atoms with Crippen LogP contribution in [0.5, 0.6) is 5.75 Å². The Labute approximate surface area is 124 Å². The number of likely N-dealkylation sites (N-methyl/N-ethyl adjacent to an activating group) is 1. The molecule has 0 saturated carbocycles. The number of hydrogen-bond donors (Lipinski definition) is 1. The predicted octanol–water partition coefficient (Wildman–Crippen LogP) is 3.36. The average Bonchev–Trinajstić information content (AvgIpc) is 2.53. The number of nitriles is 1. The molecule has 0 aliphatic heterocycles. The van der Waals surface area contributed by atoms with E-state index < -0.39 is 12.0 Å². The molecule has 0 saturated heterocycles. The van der Waals surface area contributed by atoms with Crippen molar-refractivity contribution < 1.29 is 9.94 Å². The number of methoxy groups -OCH3 is 1. The predicted molar refractivity (Wildman–Crippen MR) is 80.1 cm³/mol. The van der Waals surface area contributed by atoms with Crippen LogP contribution in [0.3, 0.4) is 0 Å². The smallest absolute Gasteiger partial charge is 0.118 e. The normalized spacial score (nSPS) is 13.5. The van der Waals surface area contributed by atoms with Crippen molar-refractivity contribution in [2.45, 2.75) is 12.0 Å². The monoisotopic (exact) mass is 282 g/mol. The third kappa shape index (κ3) is 3.40. The number of rotatable bonds is 5. The second kappa shape index (κ2) is 6.89. The summed E-state index contributed by atoms with van der Waals surface area (Å²) >= 11 is 0.